The minimum Gasteiger partial charge on any atom is -0.478 e. The molecule has 104 valence electrons. The number of hydrogen-bond acceptors (Lipinski definition) is 2. The smallest absolute Gasteiger partial charge is 0.336 e. The summed E-state index contributed by atoms with van der Waals surface area (Å²) in [5.74, 6) is -0.870. The van der Waals surface area contributed by atoms with Crippen LogP contribution in [0, 0.1) is 6.92 Å². The van der Waals surface area contributed by atoms with Crippen LogP contribution in [0.25, 0.3) is 0 Å². The SMILES string of the molecule is Cc1ccccc1CN(C)Cc1ccccc1C(=O)O. The molecule has 0 spiro atoms. The summed E-state index contributed by atoms with van der Waals surface area (Å²) in [7, 11) is 2.01. The van der Waals surface area contributed by atoms with Crippen molar-refractivity contribution in [2.45, 2.75) is 20.0 Å². The zero-order valence-electron chi connectivity index (χ0n) is 11.8. The van der Waals surface area contributed by atoms with E-state index in [1.807, 2.05) is 31.3 Å². The van der Waals surface area contributed by atoms with Crippen molar-refractivity contribution >= 4 is 5.97 Å². The number of aryl methyl sites for hydroxylation is 1. The minimum atomic E-state index is -0.870. The maximum absolute atomic E-state index is 11.2. The third kappa shape index (κ3) is 3.45. The van der Waals surface area contributed by atoms with Crippen molar-refractivity contribution in [1.82, 2.24) is 4.90 Å². The molecular formula is C17H19NO2. The van der Waals surface area contributed by atoms with Crippen LogP contribution >= 0.6 is 0 Å². The van der Waals surface area contributed by atoms with E-state index in [9.17, 15) is 9.90 Å². The fourth-order valence-electron chi connectivity index (χ4n) is 2.29. The highest BCUT2D eigenvalue weighted by Gasteiger charge is 2.11. The van der Waals surface area contributed by atoms with Crippen molar-refractivity contribution in [3.63, 3.8) is 0 Å². The standard InChI is InChI=1S/C17H19NO2/c1-13-7-3-4-8-14(13)11-18(2)12-15-9-5-6-10-16(15)17(19)20/h3-10H,11-12H2,1-2H3,(H,19,20). The van der Waals surface area contributed by atoms with Gasteiger partial charge in [0.05, 0.1) is 5.56 Å². The lowest BCUT2D eigenvalue weighted by Gasteiger charge is -2.19. The molecule has 2 aromatic carbocycles. The molecule has 0 saturated carbocycles. The molecule has 0 saturated heterocycles. The second-order valence-corrected chi connectivity index (χ2v) is 5.06. The van der Waals surface area contributed by atoms with Crippen molar-refractivity contribution < 1.29 is 9.90 Å². The Labute approximate surface area is 119 Å². The zero-order chi connectivity index (χ0) is 14.5. The number of carboxylic acid groups (broad SMARTS) is 1. The molecule has 0 radical (unpaired) electrons. The predicted octanol–water partition coefficient (Wildman–Crippen LogP) is 3.33. The van der Waals surface area contributed by atoms with Crippen LogP contribution < -0.4 is 0 Å². The van der Waals surface area contributed by atoms with Gasteiger partial charge in [-0.1, -0.05) is 42.5 Å². The summed E-state index contributed by atoms with van der Waals surface area (Å²) in [6, 6.07) is 15.4. The monoisotopic (exact) mass is 269 g/mol. The Bertz CT molecular complexity index is 607. The van der Waals surface area contributed by atoms with E-state index in [0.717, 1.165) is 12.1 Å². The van der Waals surface area contributed by atoms with Gasteiger partial charge in [-0.25, -0.2) is 4.79 Å². The first-order valence-corrected chi connectivity index (χ1v) is 6.62. The Kier molecular flexibility index (Phi) is 4.53. The van der Waals surface area contributed by atoms with E-state index >= 15 is 0 Å². The fourth-order valence-corrected chi connectivity index (χ4v) is 2.29. The van der Waals surface area contributed by atoms with E-state index in [-0.39, 0.29) is 0 Å². The van der Waals surface area contributed by atoms with Gasteiger partial charge in [0.15, 0.2) is 0 Å². The van der Waals surface area contributed by atoms with Gasteiger partial charge in [0.1, 0.15) is 0 Å². The number of benzene rings is 2. The van der Waals surface area contributed by atoms with Crippen LogP contribution in [0.3, 0.4) is 0 Å². The molecule has 20 heavy (non-hydrogen) atoms. The number of aromatic carboxylic acids is 1. The van der Waals surface area contributed by atoms with Gasteiger partial charge in [0.25, 0.3) is 0 Å². The van der Waals surface area contributed by atoms with Gasteiger partial charge in [0, 0.05) is 13.1 Å². The maximum Gasteiger partial charge on any atom is 0.336 e. The molecule has 2 aromatic rings. The number of hydrogen-bond donors (Lipinski definition) is 1. The Balaban J connectivity index is 2.11. The average Bonchev–Trinajstić information content (AvgIpc) is 2.41. The lowest BCUT2D eigenvalue weighted by Crippen LogP contribution is -2.19. The summed E-state index contributed by atoms with van der Waals surface area (Å²) in [6.45, 7) is 3.52. The largest absolute Gasteiger partial charge is 0.478 e. The summed E-state index contributed by atoms with van der Waals surface area (Å²) in [5, 5.41) is 9.19. The van der Waals surface area contributed by atoms with E-state index < -0.39 is 5.97 Å². The third-order valence-corrected chi connectivity index (χ3v) is 3.39. The van der Waals surface area contributed by atoms with Gasteiger partial charge in [-0.3, -0.25) is 4.90 Å². The van der Waals surface area contributed by atoms with Gasteiger partial charge in [0.2, 0.25) is 0 Å². The molecule has 0 amide bonds. The zero-order valence-corrected chi connectivity index (χ0v) is 11.8. The minimum absolute atomic E-state index is 0.379. The summed E-state index contributed by atoms with van der Waals surface area (Å²) in [5.41, 5.74) is 3.74. The van der Waals surface area contributed by atoms with E-state index in [1.165, 1.54) is 11.1 Å². The van der Waals surface area contributed by atoms with Crippen molar-refractivity contribution in [2.24, 2.45) is 0 Å². The second kappa shape index (κ2) is 6.35. The summed E-state index contributed by atoms with van der Waals surface area (Å²) < 4.78 is 0. The summed E-state index contributed by atoms with van der Waals surface area (Å²) in [6.07, 6.45) is 0. The van der Waals surface area contributed by atoms with E-state index in [4.69, 9.17) is 0 Å². The highest BCUT2D eigenvalue weighted by atomic mass is 16.4. The molecule has 0 unspecified atom stereocenters. The first-order chi connectivity index (χ1) is 9.58. The second-order valence-electron chi connectivity index (χ2n) is 5.06. The van der Waals surface area contributed by atoms with E-state index in [2.05, 4.69) is 24.0 Å². The first-order valence-electron chi connectivity index (χ1n) is 6.62. The molecule has 0 aliphatic heterocycles. The molecule has 3 heteroatoms. The summed E-state index contributed by atoms with van der Waals surface area (Å²) >= 11 is 0. The Morgan fingerprint density at radius 1 is 1.00 bits per heavy atom. The van der Waals surface area contributed by atoms with Crippen molar-refractivity contribution in [3.8, 4) is 0 Å². The van der Waals surface area contributed by atoms with Crippen LogP contribution in [0.4, 0.5) is 0 Å². The maximum atomic E-state index is 11.2. The molecule has 0 aromatic heterocycles. The van der Waals surface area contributed by atoms with Gasteiger partial charge in [-0.15, -0.1) is 0 Å². The molecule has 0 atom stereocenters. The van der Waals surface area contributed by atoms with Crippen molar-refractivity contribution in [2.75, 3.05) is 7.05 Å². The number of carbonyl (C=O) groups is 1. The third-order valence-electron chi connectivity index (χ3n) is 3.39. The van der Waals surface area contributed by atoms with Crippen molar-refractivity contribution in [3.05, 3.63) is 70.8 Å². The van der Waals surface area contributed by atoms with Gasteiger partial charge < -0.3 is 5.11 Å². The van der Waals surface area contributed by atoms with Crippen LogP contribution in [0.1, 0.15) is 27.0 Å². The molecule has 2 rings (SSSR count). The molecule has 0 aliphatic carbocycles. The van der Waals surface area contributed by atoms with E-state index in [1.54, 1.807) is 12.1 Å². The molecule has 1 N–H and O–H groups in total. The van der Waals surface area contributed by atoms with Crippen LogP contribution in [0.2, 0.25) is 0 Å². The number of nitrogens with zero attached hydrogens (tertiary/aromatic N) is 1. The number of carboxylic acids is 1. The van der Waals surface area contributed by atoms with Gasteiger partial charge in [-0.2, -0.15) is 0 Å². The molecule has 0 heterocycles. The Morgan fingerprint density at radius 2 is 1.55 bits per heavy atom. The van der Waals surface area contributed by atoms with Gasteiger partial charge in [-0.05, 0) is 36.7 Å². The van der Waals surface area contributed by atoms with Crippen LogP contribution in [0.15, 0.2) is 48.5 Å². The average molecular weight is 269 g/mol. The molecular weight excluding hydrogens is 250 g/mol. The lowest BCUT2D eigenvalue weighted by atomic mass is 10.1. The molecule has 0 bridgehead atoms. The quantitative estimate of drug-likeness (QED) is 0.905. The summed E-state index contributed by atoms with van der Waals surface area (Å²) in [4.78, 5) is 13.3. The number of rotatable bonds is 5. The predicted molar refractivity (Wildman–Crippen MR) is 79.8 cm³/mol. The van der Waals surface area contributed by atoms with Crippen molar-refractivity contribution in [1.29, 1.82) is 0 Å². The molecule has 0 aliphatic rings. The fraction of sp³-hybridized carbons (Fsp3) is 0.235. The highest BCUT2D eigenvalue weighted by molar-refractivity contribution is 5.89. The van der Waals surface area contributed by atoms with Crippen LogP contribution in [-0.4, -0.2) is 23.0 Å². The molecule has 0 fully saturated rings. The normalized spacial score (nSPS) is 10.8. The Hall–Kier alpha value is -2.13. The topological polar surface area (TPSA) is 40.5 Å². The van der Waals surface area contributed by atoms with Gasteiger partial charge >= 0.3 is 5.97 Å². The van der Waals surface area contributed by atoms with Crippen LogP contribution in [0.5, 0.6) is 0 Å². The first kappa shape index (κ1) is 14.3. The van der Waals surface area contributed by atoms with Crippen LogP contribution in [-0.2, 0) is 13.1 Å². The molecule has 3 nitrogen and oxygen atoms in total. The lowest BCUT2D eigenvalue weighted by molar-refractivity contribution is 0.0694. The van der Waals surface area contributed by atoms with E-state index in [0.29, 0.717) is 12.1 Å². The highest BCUT2D eigenvalue weighted by Crippen LogP contribution is 2.14. The Morgan fingerprint density at radius 3 is 2.20 bits per heavy atom.